The summed E-state index contributed by atoms with van der Waals surface area (Å²) in [7, 11) is 1.97. The third kappa shape index (κ3) is 2.51. The van der Waals surface area contributed by atoms with Crippen molar-refractivity contribution in [1.29, 1.82) is 0 Å². The minimum absolute atomic E-state index is 1.01. The molecule has 1 N–H and O–H groups in total. The lowest BCUT2D eigenvalue weighted by molar-refractivity contribution is 0.700. The first-order chi connectivity index (χ1) is 6.66. The average molecular weight is 193 g/mol. The zero-order valence-corrected chi connectivity index (χ0v) is 9.52. The van der Waals surface area contributed by atoms with Crippen LogP contribution in [0.4, 0.5) is 0 Å². The fourth-order valence-electron chi connectivity index (χ4n) is 1.44. The lowest BCUT2D eigenvalue weighted by atomic mass is 10.1. The Labute approximate surface area is 85.9 Å². The molecule has 0 aliphatic carbocycles. The molecule has 0 aliphatic heterocycles. The van der Waals surface area contributed by atoms with Gasteiger partial charge in [-0.1, -0.05) is 0 Å². The van der Waals surface area contributed by atoms with Crippen molar-refractivity contribution >= 4 is 0 Å². The van der Waals surface area contributed by atoms with Crippen LogP contribution in [0.25, 0.3) is 0 Å². The summed E-state index contributed by atoms with van der Waals surface area (Å²) in [5.41, 5.74) is 4.76. The molecular formula is C11H19N3. The summed E-state index contributed by atoms with van der Waals surface area (Å²) in [6.07, 6.45) is 2.13. The van der Waals surface area contributed by atoms with Gasteiger partial charge in [-0.25, -0.2) is 0 Å². The first-order valence-electron chi connectivity index (χ1n) is 5.10. The molecule has 0 unspecified atom stereocenters. The molecule has 0 saturated heterocycles. The summed E-state index contributed by atoms with van der Waals surface area (Å²) >= 11 is 0. The molecule has 1 rings (SSSR count). The van der Waals surface area contributed by atoms with E-state index in [0.717, 1.165) is 30.8 Å². The Kier molecular flexibility index (Phi) is 4.01. The second-order valence-electron chi connectivity index (χ2n) is 3.69. The first-order valence-corrected chi connectivity index (χ1v) is 5.10. The summed E-state index contributed by atoms with van der Waals surface area (Å²) in [4.78, 5) is 0. The van der Waals surface area contributed by atoms with Crippen molar-refractivity contribution in [2.24, 2.45) is 0 Å². The second kappa shape index (κ2) is 5.05. The quantitative estimate of drug-likeness (QED) is 0.737. The predicted octanol–water partition coefficient (Wildman–Crippen LogP) is 1.55. The van der Waals surface area contributed by atoms with E-state index in [2.05, 4.69) is 29.4 Å². The van der Waals surface area contributed by atoms with Crippen molar-refractivity contribution in [3.63, 3.8) is 0 Å². The molecule has 0 spiro atoms. The minimum atomic E-state index is 1.01. The lowest BCUT2D eigenvalue weighted by Gasteiger charge is -2.08. The number of hydrogen-bond donors (Lipinski definition) is 1. The molecule has 3 heteroatoms. The van der Waals surface area contributed by atoms with Crippen LogP contribution in [0.2, 0.25) is 0 Å². The molecule has 0 fully saturated rings. The van der Waals surface area contributed by atoms with E-state index in [1.165, 1.54) is 11.1 Å². The summed E-state index contributed by atoms with van der Waals surface area (Å²) in [6.45, 7) is 7.29. The third-order valence-electron chi connectivity index (χ3n) is 2.70. The molecule has 1 aromatic rings. The number of nitrogens with one attached hydrogen (secondary N) is 1. The van der Waals surface area contributed by atoms with Gasteiger partial charge in [-0.05, 0) is 58.3 Å². The summed E-state index contributed by atoms with van der Waals surface area (Å²) in [6, 6.07) is 0. The van der Waals surface area contributed by atoms with E-state index in [9.17, 15) is 0 Å². The highest BCUT2D eigenvalue weighted by atomic mass is 15.1. The molecule has 0 atom stereocenters. The zero-order valence-electron chi connectivity index (χ0n) is 9.52. The topological polar surface area (TPSA) is 37.8 Å². The van der Waals surface area contributed by atoms with Gasteiger partial charge in [-0.15, -0.1) is 0 Å². The van der Waals surface area contributed by atoms with Gasteiger partial charge in [0.05, 0.1) is 11.4 Å². The normalized spacial score (nSPS) is 10.6. The van der Waals surface area contributed by atoms with Gasteiger partial charge in [-0.3, -0.25) is 0 Å². The summed E-state index contributed by atoms with van der Waals surface area (Å²) in [5, 5.41) is 11.5. The highest BCUT2D eigenvalue weighted by Gasteiger charge is 2.05. The number of nitrogens with zero attached hydrogens (tertiary/aromatic N) is 2. The first kappa shape index (κ1) is 11.1. The average Bonchev–Trinajstić information content (AvgIpc) is 2.18. The Morgan fingerprint density at radius 2 is 1.79 bits per heavy atom. The molecule has 0 radical (unpaired) electrons. The molecule has 1 heterocycles. The van der Waals surface area contributed by atoms with Crippen molar-refractivity contribution in [2.75, 3.05) is 13.6 Å². The van der Waals surface area contributed by atoms with Crippen LogP contribution in [0.3, 0.4) is 0 Å². The van der Waals surface area contributed by atoms with E-state index in [0.29, 0.717) is 0 Å². The van der Waals surface area contributed by atoms with Crippen LogP contribution < -0.4 is 5.32 Å². The molecule has 1 aromatic heterocycles. The van der Waals surface area contributed by atoms with Crippen molar-refractivity contribution in [2.45, 2.75) is 33.6 Å². The van der Waals surface area contributed by atoms with Crippen LogP contribution in [-0.2, 0) is 6.42 Å². The van der Waals surface area contributed by atoms with E-state index >= 15 is 0 Å². The third-order valence-corrected chi connectivity index (χ3v) is 2.70. The number of aromatic nitrogens is 2. The molecule has 0 aromatic carbocycles. The van der Waals surface area contributed by atoms with Crippen LogP contribution >= 0.6 is 0 Å². The largest absolute Gasteiger partial charge is 0.320 e. The molecule has 0 aliphatic rings. The fraction of sp³-hybridized carbons (Fsp3) is 0.636. The van der Waals surface area contributed by atoms with Crippen molar-refractivity contribution in [1.82, 2.24) is 15.5 Å². The van der Waals surface area contributed by atoms with E-state index in [-0.39, 0.29) is 0 Å². The van der Waals surface area contributed by atoms with Gasteiger partial charge in [0.25, 0.3) is 0 Å². The standard InChI is InChI=1S/C11H19N3/c1-8-9(2)11(6-5-7-12-4)14-13-10(8)3/h12H,5-7H2,1-4H3. The summed E-state index contributed by atoms with van der Waals surface area (Å²) in [5.74, 6) is 0. The Balaban J connectivity index is 2.73. The van der Waals surface area contributed by atoms with E-state index in [4.69, 9.17) is 0 Å². The van der Waals surface area contributed by atoms with Crippen LogP contribution in [0.5, 0.6) is 0 Å². The van der Waals surface area contributed by atoms with E-state index in [1.807, 2.05) is 14.0 Å². The van der Waals surface area contributed by atoms with Gasteiger partial charge < -0.3 is 5.32 Å². The Morgan fingerprint density at radius 1 is 1.07 bits per heavy atom. The van der Waals surface area contributed by atoms with Crippen molar-refractivity contribution in [3.05, 3.63) is 22.5 Å². The van der Waals surface area contributed by atoms with Gasteiger partial charge in [0.1, 0.15) is 0 Å². The molecule has 3 nitrogen and oxygen atoms in total. The second-order valence-corrected chi connectivity index (χ2v) is 3.69. The van der Waals surface area contributed by atoms with Gasteiger partial charge >= 0.3 is 0 Å². The monoisotopic (exact) mass is 193 g/mol. The highest BCUT2D eigenvalue weighted by Crippen LogP contribution is 2.13. The van der Waals surface area contributed by atoms with Crippen LogP contribution in [-0.4, -0.2) is 23.8 Å². The Morgan fingerprint density at radius 3 is 2.43 bits per heavy atom. The Hall–Kier alpha value is -0.960. The maximum absolute atomic E-state index is 4.23. The van der Waals surface area contributed by atoms with Gasteiger partial charge in [0.2, 0.25) is 0 Å². The van der Waals surface area contributed by atoms with E-state index in [1.54, 1.807) is 0 Å². The lowest BCUT2D eigenvalue weighted by Crippen LogP contribution is -2.10. The molecule has 78 valence electrons. The highest BCUT2D eigenvalue weighted by molar-refractivity contribution is 5.29. The number of aryl methyl sites for hydroxylation is 2. The van der Waals surface area contributed by atoms with Gasteiger partial charge in [0, 0.05) is 0 Å². The molecule has 14 heavy (non-hydrogen) atoms. The van der Waals surface area contributed by atoms with Crippen LogP contribution in [0, 0.1) is 20.8 Å². The van der Waals surface area contributed by atoms with E-state index < -0.39 is 0 Å². The van der Waals surface area contributed by atoms with Crippen molar-refractivity contribution in [3.8, 4) is 0 Å². The molecule has 0 bridgehead atoms. The van der Waals surface area contributed by atoms with Crippen LogP contribution in [0.1, 0.15) is 28.9 Å². The number of hydrogen-bond acceptors (Lipinski definition) is 3. The Bertz CT molecular complexity index is 308. The SMILES string of the molecule is CNCCCc1nnc(C)c(C)c1C. The van der Waals surface area contributed by atoms with Crippen molar-refractivity contribution < 1.29 is 0 Å². The van der Waals surface area contributed by atoms with Crippen LogP contribution in [0.15, 0.2) is 0 Å². The smallest absolute Gasteiger partial charge is 0.0663 e. The van der Waals surface area contributed by atoms with Gasteiger partial charge in [0.15, 0.2) is 0 Å². The summed E-state index contributed by atoms with van der Waals surface area (Å²) < 4.78 is 0. The maximum atomic E-state index is 4.23. The molecular weight excluding hydrogens is 174 g/mol. The predicted molar refractivity (Wildman–Crippen MR) is 58.5 cm³/mol. The zero-order chi connectivity index (χ0) is 10.6. The van der Waals surface area contributed by atoms with Gasteiger partial charge in [-0.2, -0.15) is 10.2 Å². The minimum Gasteiger partial charge on any atom is -0.320 e. The molecule has 0 amide bonds. The molecule has 0 saturated carbocycles. The fourth-order valence-corrected chi connectivity index (χ4v) is 1.44. The maximum Gasteiger partial charge on any atom is 0.0663 e. The number of rotatable bonds is 4.